The number of methoxy groups -OCH3 is 1. The van der Waals surface area contributed by atoms with Gasteiger partial charge in [-0.25, -0.2) is 4.79 Å². The monoisotopic (exact) mass is 626 g/mol. The van der Waals surface area contributed by atoms with Gasteiger partial charge in [0.1, 0.15) is 5.69 Å². The molecule has 40 heavy (non-hydrogen) atoms. The van der Waals surface area contributed by atoms with Crippen molar-refractivity contribution in [2.45, 2.75) is 31.2 Å². The average molecular weight is 627 g/mol. The summed E-state index contributed by atoms with van der Waals surface area (Å²) in [7, 11) is 2.16. The van der Waals surface area contributed by atoms with Crippen molar-refractivity contribution in [2.24, 2.45) is 13.0 Å². The second-order valence-corrected chi connectivity index (χ2v) is 10.0. The number of aryl methyl sites for hydroxylation is 1. The van der Waals surface area contributed by atoms with Crippen molar-refractivity contribution in [3.05, 3.63) is 63.8 Å². The van der Waals surface area contributed by atoms with Gasteiger partial charge in [0.15, 0.2) is 17.6 Å². The van der Waals surface area contributed by atoms with Gasteiger partial charge in [0.05, 0.1) is 18.7 Å². The molecular formula is C26H19BrF4N2O7. The minimum absolute atomic E-state index is 0.0617. The number of hydrogen-bond acceptors (Lipinski definition) is 8. The average Bonchev–Trinajstić information content (AvgIpc) is 3.61. The number of Topliss-reactive ketones (excluding diaryl/α,β-unsaturated/α-hetero) is 1. The van der Waals surface area contributed by atoms with Crippen molar-refractivity contribution >= 4 is 33.7 Å². The molecule has 0 amide bonds. The molecule has 0 N–H and O–H groups in total. The van der Waals surface area contributed by atoms with Crippen LogP contribution in [0.2, 0.25) is 0 Å². The SMILES string of the molecule is COC(=O)C(F)(F)c1cc(-c2ccc(Br)cc2C(OC(=O)C2CC2)C(=O)c2ccc3c(c2)OC(F)(F)O3)n(C)n1. The molecule has 1 saturated carbocycles. The topological polar surface area (TPSA) is 106 Å². The lowest BCUT2D eigenvalue weighted by molar-refractivity contribution is -0.286. The highest BCUT2D eigenvalue weighted by Crippen LogP contribution is 2.43. The first-order valence-corrected chi connectivity index (χ1v) is 12.5. The summed E-state index contributed by atoms with van der Waals surface area (Å²) in [6, 6.07) is 8.83. The Morgan fingerprint density at radius 1 is 1.10 bits per heavy atom. The highest BCUT2D eigenvalue weighted by Gasteiger charge is 2.46. The van der Waals surface area contributed by atoms with E-state index in [1.54, 1.807) is 6.07 Å². The molecule has 0 bridgehead atoms. The minimum Gasteiger partial charge on any atom is -0.464 e. The van der Waals surface area contributed by atoms with Crippen LogP contribution in [0, 0.1) is 5.92 Å². The maximum Gasteiger partial charge on any atom is 0.586 e. The molecule has 2 aromatic carbocycles. The first-order chi connectivity index (χ1) is 18.8. The van der Waals surface area contributed by atoms with E-state index in [1.807, 2.05) is 0 Å². The number of carbonyl (C=O) groups excluding carboxylic acids is 3. The number of rotatable bonds is 8. The zero-order valence-corrected chi connectivity index (χ0v) is 22.3. The number of fused-ring (bicyclic) bond motifs is 1. The van der Waals surface area contributed by atoms with E-state index in [0.717, 1.165) is 30.0 Å². The van der Waals surface area contributed by atoms with Crippen molar-refractivity contribution in [1.29, 1.82) is 0 Å². The molecule has 210 valence electrons. The van der Waals surface area contributed by atoms with Gasteiger partial charge in [-0.05, 0) is 49.2 Å². The fraction of sp³-hybridized carbons (Fsp3) is 0.308. The van der Waals surface area contributed by atoms with Gasteiger partial charge in [-0.15, -0.1) is 8.78 Å². The summed E-state index contributed by atoms with van der Waals surface area (Å²) < 4.78 is 76.5. The van der Waals surface area contributed by atoms with Gasteiger partial charge in [0.2, 0.25) is 5.78 Å². The maximum absolute atomic E-state index is 14.6. The normalized spacial score (nSPS) is 16.4. The third kappa shape index (κ3) is 5.15. The second-order valence-electron chi connectivity index (χ2n) is 9.12. The molecule has 5 rings (SSSR count). The highest BCUT2D eigenvalue weighted by molar-refractivity contribution is 9.10. The van der Waals surface area contributed by atoms with E-state index >= 15 is 0 Å². The summed E-state index contributed by atoms with van der Waals surface area (Å²) in [5.74, 6) is -8.42. The fourth-order valence-electron chi connectivity index (χ4n) is 4.13. The highest BCUT2D eigenvalue weighted by atomic mass is 79.9. The predicted octanol–water partition coefficient (Wildman–Crippen LogP) is 5.31. The summed E-state index contributed by atoms with van der Waals surface area (Å²) in [5.41, 5.74) is -0.707. The van der Waals surface area contributed by atoms with Gasteiger partial charge < -0.3 is 18.9 Å². The number of aromatic nitrogens is 2. The first kappa shape index (κ1) is 27.6. The Hall–Kier alpha value is -3.94. The van der Waals surface area contributed by atoms with Gasteiger partial charge in [-0.2, -0.15) is 13.9 Å². The van der Waals surface area contributed by atoms with Crippen LogP contribution in [0.15, 0.2) is 46.9 Å². The molecule has 0 spiro atoms. The van der Waals surface area contributed by atoms with E-state index in [-0.39, 0.29) is 33.9 Å². The molecule has 1 aliphatic carbocycles. The summed E-state index contributed by atoms with van der Waals surface area (Å²) in [4.78, 5) is 38.2. The van der Waals surface area contributed by atoms with E-state index in [1.165, 1.54) is 25.2 Å². The van der Waals surface area contributed by atoms with Gasteiger partial charge in [0, 0.05) is 28.2 Å². The smallest absolute Gasteiger partial charge is 0.464 e. The molecule has 0 radical (unpaired) electrons. The Labute approximate surface area is 232 Å². The van der Waals surface area contributed by atoms with Crippen LogP contribution in [0.25, 0.3) is 11.3 Å². The van der Waals surface area contributed by atoms with Crippen molar-refractivity contribution in [3.63, 3.8) is 0 Å². The standard InChI is InChI=1S/C26H19BrF4N2O7/c1-33-17(11-20(32-33)25(28,29)24(36)37-2)15-7-6-14(27)10-16(15)22(38-23(35)12-3-4-12)21(34)13-5-8-18-19(9-13)40-26(30,31)39-18/h5-12,22H,3-4H2,1-2H3. The minimum atomic E-state index is -4.07. The Morgan fingerprint density at radius 3 is 2.48 bits per heavy atom. The number of halogens is 5. The Balaban J connectivity index is 1.60. The van der Waals surface area contributed by atoms with Crippen LogP contribution < -0.4 is 9.47 Å². The van der Waals surface area contributed by atoms with Crippen LogP contribution in [-0.2, 0) is 32.0 Å². The summed E-state index contributed by atoms with van der Waals surface area (Å²) >= 11 is 3.31. The number of carbonyl (C=O) groups is 3. The summed E-state index contributed by atoms with van der Waals surface area (Å²) in [5, 5.41) is 3.77. The van der Waals surface area contributed by atoms with Gasteiger partial charge >= 0.3 is 24.2 Å². The predicted molar refractivity (Wildman–Crippen MR) is 131 cm³/mol. The number of alkyl halides is 4. The van der Waals surface area contributed by atoms with Crippen LogP contribution in [0.4, 0.5) is 17.6 Å². The molecule has 1 unspecified atom stereocenters. The number of hydrogen-bond donors (Lipinski definition) is 0. The van der Waals surface area contributed by atoms with Crippen LogP contribution in [0.5, 0.6) is 11.5 Å². The number of ketones is 1. The lowest BCUT2D eigenvalue weighted by atomic mass is 9.93. The molecule has 2 aliphatic rings. The summed E-state index contributed by atoms with van der Waals surface area (Å²) in [6.07, 6.45) is -4.39. The first-order valence-electron chi connectivity index (χ1n) is 11.8. The van der Waals surface area contributed by atoms with E-state index in [0.29, 0.717) is 17.3 Å². The molecule has 9 nitrogen and oxygen atoms in total. The lowest BCUT2D eigenvalue weighted by Crippen LogP contribution is -2.27. The number of benzene rings is 2. The largest absolute Gasteiger partial charge is 0.586 e. The number of esters is 2. The zero-order valence-electron chi connectivity index (χ0n) is 20.8. The van der Waals surface area contributed by atoms with Crippen molar-refractivity contribution in [1.82, 2.24) is 9.78 Å². The third-order valence-electron chi connectivity index (χ3n) is 6.28. The molecule has 3 aromatic rings. The van der Waals surface area contributed by atoms with Crippen molar-refractivity contribution < 1.29 is 50.9 Å². The molecule has 2 heterocycles. The molecule has 0 saturated heterocycles. The van der Waals surface area contributed by atoms with E-state index in [2.05, 4.69) is 35.2 Å². The molecule has 1 fully saturated rings. The second kappa shape index (κ2) is 9.91. The van der Waals surface area contributed by atoms with E-state index in [4.69, 9.17) is 4.74 Å². The van der Waals surface area contributed by atoms with Crippen LogP contribution in [0.1, 0.15) is 40.6 Å². The molecule has 14 heteroatoms. The van der Waals surface area contributed by atoms with Crippen LogP contribution in [0.3, 0.4) is 0 Å². The van der Waals surface area contributed by atoms with Crippen LogP contribution in [-0.4, -0.2) is 40.9 Å². The van der Waals surface area contributed by atoms with Gasteiger partial charge in [0.25, 0.3) is 0 Å². The van der Waals surface area contributed by atoms with Gasteiger partial charge in [-0.1, -0.05) is 22.0 Å². The zero-order chi connectivity index (χ0) is 29.0. The van der Waals surface area contributed by atoms with Crippen molar-refractivity contribution in [2.75, 3.05) is 7.11 Å². The molecule has 1 aromatic heterocycles. The number of nitrogens with zero attached hydrogens (tertiary/aromatic N) is 2. The quantitative estimate of drug-likeness (QED) is 0.188. The molecular weight excluding hydrogens is 608 g/mol. The van der Waals surface area contributed by atoms with Crippen molar-refractivity contribution in [3.8, 4) is 22.8 Å². The van der Waals surface area contributed by atoms with E-state index < -0.39 is 47.7 Å². The number of ether oxygens (including phenoxy) is 4. The van der Waals surface area contributed by atoms with E-state index in [9.17, 15) is 31.9 Å². The van der Waals surface area contributed by atoms with Gasteiger partial charge in [-0.3, -0.25) is 14.3 Å². The molecule has 1 aliphatic heterocycles. The molecule has 1 atom stereocenters. The Kier molecular flexibility index (Phi) is 6.84. The lowest BCUT2D eigenvalue weighted by Gasteiger charge is -2.21. The Bertz CT molecular complexity index is 1540. The summed E-state index contributed by atoms with van der Waals surface area (Å²) in [6.45, 7) is 0. The fourth-order valence-corrected chi connectivity index (χ4v) is 4.51. The van der Waals surface area contributed by atoms with Crippen LogP contribution >= 0.6 is 15.9 Å². The maximum atomic E-state index is 14.6. The Morgan fingerprint density at radius 2 is 1.80 bits per heavy atom. The third-order valence-corrected chi connectivity index (χ3v) is 6.78.